The van der Waals surface area contributed by atoms with Crippen molar-refractivity contribution in [3.8, 4) is 11.4 Å². The molecule has 0 fully saturated rings. The number of rotatable bonds is 2. The molecule has 0 aromatic carbocycles. The Morgan fingerprint density at radius 2 is 2.05 bits per heavy atom. The second kappa shape index (κ2) is 5.14. The van der Waals surface area contributed by atoms with Gasteiger partial charge in [-0.1, -0.05) is 17.7 Å². The first-order valence-corrected chi connectivity index (χ1v) is 6.62. The SMILES string of the molecule is CN(C)C(=O)c1cn2c(-c3cccc(Cl)n3)cnc2cn1. The predicted octanol–water partition coefficient (Wildman–Crippen LogP) is 2.15. The van der Waals surface area contributed by atoms with Crippen molar-refractivity contribution in [1.29, 1.82) is 0 Å². The van der Waals surface area contributed by atoms with E-state index in [2.05, 4.69) is 15.0 Å². The number of fused-ring (bicyclic) bond motifs is 1. The first-order chi connectivity index (χ1) is 10.1. The topological polar surface area (TPSA) is 63.4 Å². The highest BCUT2D eigenvalue weighted by Gasteiger charge is 2.13. The van der Waals surface area contributed by atoms with Crippen LogP contribution in [0.3, 0.4) is 0 Å². The Kier molecular flexibility index (Phi) is 3.31. The third kappa shape index (κ3) is 2.45. The Hall–Kier alpha value is -2.47. The number of pyridine rings is 1. The van der Waals surface area contributed by atoms with E-state index in [4.69, 9.17) is 11.6 Å². The number of carbonyl (C=O) groups excluding carboxylic acids is 1. The standard InChI is InChI=1S/C14H12ClN5O/c1-19(2)14(21)10-8-20-11(6-17-13(20)7-16-10)9-4-3-5-12(15)18-9/h3-8H,1-2H3. The van der Waals surface area contributed by atoms with Gasteiger partial charge in [-0.15, -0.1) is 0 Å². The summed E-state index contributed by atoms with van der Waals surface area (Å²) in [5.41, 5.74) is 2.42. The highest BCUT2D eigenvalue weighted by Crippen LogP contribution is 2.20. The van der Waals surface area contributed by atoms with E-state index in [0.29, 0.717) is 22.2 Å². The van der Waals surface area contributed by atoms with Gasteiger partial charge < -0.3 is 4.90 Å². The molecule has 0 aliphatic heterocycles. The minimum atomic E-state index is -0.171. The maximum atomic E-state index is 12.0. The molecule has 6 nitrogen and oxygen atoms in total. The fourth-order valence-electron chi connectivity index (χ4n) is 1.97. The molecule has 0 spiro atoms. The highest BCUT2D eigenvalue weighted by atomic mass is 35.5. The molecule has 0 bridgehead atoms. The van der Waals surface area contributed by atoms with Gasteiger partial charge in [0.05, 0.1) is 23.8 Å². The molecule has 1 amide bonds. The zero-order valence-electron chi connectivity index (χ0n) is 11.5. The zero-order valence-corrected chi connectivity index (χ0v) is 12.2. The fraction of sp³-hybridized carbons (Fsp3) is 0.143. The van der Waals surface area contributed by atoms with Crippen LogP contribution >= 0.6 is 11.6 Å². The van der Waals surface area contributed by atoms with Gasteiger partial charge in [0.2, 0.25) is 0 Å². The van der Waals surface area contributed by atoms with E-state index >= 15 is 0 Å². The molecule has 3 aromatic rings. The zero-order chi connectivity index (χ0) is 15.0. The van der Waals surface area contributed by atoms with Crippen LogP contribution in [-0.4, -0.2) is 44.3 Å². The summed E-state index contributed by atoms with van der Waals surface area (Å²) in [6, 6.07) is 5.36. The van der Waals surface area contributed by atoms with Crippen molar-refractivity contribution in [3.05, 3.63) is 47.6 Å². The molecule has 0 atom stereocenters. The maximum Gasteiger partial charge on any atom is 0.273 e. The lowest BCUT2D eigenvalue weighted by Gasteiger charge is -2.10. The smallest absolute Gasteiger partial charge is 0.273 e. The van der Waals surface area contributed by atoms with Crippen LogP contribution < -0.4 is 0 Å². The number of amides is 1. The van der Waals surface area contributed by atoms with Gasteiger partial charge in [0, 0.05) is 20.3 Å². The predicted molar refractivity (Wildman–Crippen MR) is 79.2 cm³/mol. The summed E-state index contributed by atoms with van der Waals surface area (Å²) in [4.78, 5) is 26.1. The van der Waals surface area contributed by atoms with Gasteiger partial charge in [-0.05, 0) is 12.1 Å². The molecule has 0 aliphatic rings. The Bertz CT molecular complexity index is 827. The molecule has 0 unspecified atom stereocenters. The second-order valence-corrected chi connectivity index (χ2v) is 5.08. The van der Waals surface area contributed by atoms with Gasteiger partial charge >= 0.3 is 0 Å². The Morgan fingerprint density at radius 3 is 2.76 bits per heavy atom. The maximum absolute atomic E-state index is 12.0. The van der Waals surface area contributed by atoms with Crippen molar-refractivity contribution in [1.82, 2.24) is 24.3 Å². The number of halogens is 1. The Balaban J connectivity index is 2.16. The van der Waals surface area contributed by atoms with Crippen LogP contribution in [0.2, 0.25) is 5.15 Å². The summed E-state index contributed by atoms with van der Waals surface area (Å²) >= 11 is 5.92. The molecule has 7 heteroatoms. The van der Waals surface area contributed by atoms with Gasteiger partial charge in [0.1, 0.15) is 10.8 Å². The lowest BCUT2D eigenvalue weighted by molar-refractivity contribution is 0.0821. The van der Waals surface area contributed by atoms with Crippen LogP contribution in [0, 0.1) is 0 Å². The molecule has 0 saturated carbocycles. The quantitative estimate of drug-likeness (QED) is 0.680. The summed E-state index contributed by atoms with van der Waals surface area (Å²) in [6.45, 7) is 0. The van der Waals surface area contributed by atoms with E-state index < -0.39 is 0 Å². The summed E-state index contributed by atoms with van der Waals surface area (Å²) < 4.78 is 1.78. The lowest BCUT2D eigenvalue weighted by atomic mass is 10.3. The molecule has 3 aromatic heterocycles. The number of hydrogen-bond acceptors (Lipinski definition) is 4. The van der Waals surface area contributed by atoms with Crippen molar-refractivity contribution in [2.24, 2.45) is 0 Å². The van der Waals surface area contributed by atoms with Crippen LogP contribution in [0.4, 0.5) is 0 Å². The molecule has 0 radical (unpaired) electrons. The molecule has 106 valence electrons. The number of hydrogen-bond donors (Lipinski definition) is 0. The first-order valence-electron chi connectivity index (χ1n) is 6.24. The molecule has 0 N–H and O–H groups in total. The van der Waals surface area contributed by atoms with Crippen molar-refractivity contribution in [2.75, 3.05) is 14.1 Å². The Morgan fingerprint density at radius 1 is 1.24 bits per heavy atom. The second-order valence-electron chi connectivity index (χ2n) is 4.69. The summed E-state index contributed by atoms with van der Waals surface area (Å²) in [5, 5.41) is 0.404. The van der Waals surface area contributed by atoms with E-state index in [1.807, 2.05) is 12.1 Å². The molecular formula is C14H12ClN5O. The number of aromatic nitrogens is 4. The fourth-order valence-corrected chi connectivity index (χ4v) is 2.13. The molecule has 3 rings (SSSR count). The Labute approximate surface area is 126 Å². The van der Waals surface area contributed by atoms with Crippen LogP contribution in [0.25, 0.3) is 17.0 Å². The van der Waals surface area contributed by atoms with Crippen LogP contribution in [0.1, 0.15) is 10.5 Å². The number of nitrogens with zero attached hydrogens (tertiary/aromatic N) is 5. The number of carbonyl (C=O) groups is 1. The van der Waals surface area contributed by atoms with E-state index in [-0.39, 0.29) is 5.91 Å². The number of imidazole rings is 1. The third-order valence-corrected chi connectivity index (χ3v) is 3.21. The van der Waals surface area contributed by atoms with Crippen LogP contribution in [0.5, 0.6) is 0 Å². The minimum Gasteiger partial charge on any atom is -0.343 e. The van der Waals surface area contributed by atoms with Gasteiger partial charge in [0.25, 0.3) is 5.91 Å². The van der Waals surface area contributed by atoms with Crippen molar-refractivity contribution < 1.29 is 4.79 Å². The molecule has 0 aliphatic carbocycles. The summed E-state index contributed by atoms with van der Waals surface area (Å²) in [7, 11) is 3.36. The van der Waals surface area contributed by atoms with E-state index in [1.54, 1.807) is 43.2 Å². The molecular weight excluding hydrogens is 290 g/mol. The first kappa shape index (κ1) is 13.5. The average Bonchev–Trinajstić information content (AvgIpc) is 2.89. The van der Waals surface area contributed by atoms with Gasteiger partial charge in [0.15, 0.2) is 5.65 Å². The van der Waals surface area contributed by atoms with Crippen molar-refractivity contribution in [2.45, 2.75) is 0 Å². The largest absolute Gasteiger partial charge is 0.343 e. The average molecular weight is 302 g/mol. The van der Waals surface area contributed by atoms with Gasteiger partial charge in [-0.3, -0.25) is 9.20 Å². The van der Waals surface area contributed by atoms with Gasteiger partial charge in [-0.25, -0.2) is 15.0 Å². The van der Waals surface area contributed by atoms with E-state index in [9.17, 15) is 4.79 Å². The van der Waals surface area contributed by atoms with Crippen molar-refractivity contribution >= 4 is 23.2 Å². The third-order valence-electron chi connectivity index (χ3n) is 3.00. The van der Waals surface area contributed by atoms with E-state index in [1.165, 1.54) is 4.90 Å². The van der Waals surface area contributed by atoms with E-state index in [0.717, 1.165) is 5.69 Å². The van der Waals surface area contributed by atoms with Crippen LogP contribution in [-0.2, 0) is 0 Å². The molecule has 21 heavy (non-hydrogen) atoms. The monoisotopic (exact) mass is 301 g/mol. The molecule has 0 saturated heterocycles. The summed E-state index contributed by atoms with van der Waals surface area (Å²) in [5.74, 6) is -0.171. The highest BCUT2D eigenvalue weighted by molar-refractivity contribution is 6.29. The van der Waals surface area contributed by atoms with Crippen molar-refractivity contribution in [3.63, 3.8) is 0 Å². The normalized spacial score (nSPS) is 10.8. The molecule has 3 heterocycles. The lowest BCUT2D eigenvalue weighted by Crippen LogP contribution is -2.23. The van der Waals surface area contributed by atoms with Crippen LogP contribution in [0.15, 0.2) is 36.8 Å². The van der Waals surface area contributed by atoms with Gasteiger partial charge in [-0.2, -0.15) is 0 Å². The minimum absolute atomic E-state index is 0.171. The summed E-state index contributed by atoms with van der Waals surface area (Å²) in [6.07, 6.45) is 4.90.